The molecule has 1 aromatic carbocycles. The number of amides is 1. The van der Waals surface area contributed by atoms with Crippen LogP contribution in [0.2, 0.25) is 0 Å². The van der Waals surface area contributed by atoms with E-state index in [-0.39, 0.29) is 29.7 Å². The number of fused-ring (bicyclic) bond motifs is 3. The van der Waals surface area contributed by atoms with Gasteiger partial charge in [0, 0.05) is 36.9 Å². The van der Waals surface area contributed by atoms with Gasteiger partial charge in [-0.25, -0.2) is 9.78 Å². The van der Waals surface area contributed by atoms with Crippen LogP contribution in [0.5, 0.6) is 5.75 Å². The second-order valence-corrected chi connectivity index (χ2v) is 4.79. The standard InChI is InChI=1S/C12H11ClN2O4/c1-5-14-10-9-6(3-13)4-15(12(17)18)7(9)2-8(16)11(10)19-5/h2,6,16H,3-4H2,1H3,(H,17,18)/t6-/m1/s1. The van der Waals surface area contributed by atoms with E-state index in [1.54, 1.807) is 6.92 Å². The number of aryl methyl sites for hydroxylation is 1. The van der Waals surface area contributed by atoms with E-state index in [9.17, 15) is 15.0 Å². The highest BCUT2D eigenvalue weighted by atomic mass is 35.5. The second-order valence-electron chi connectivity index (χ2n) is 4.48. The molecule has 7 heteroatoms. The molecule has 1 atom stereocenters. The molecule has 0 saturated carbocycles. The molecule has 19 heavy (non-hydrogen) atoms. The smallest absolute Gasteiger partial charge is 0.411 e. The van der Waals surface area contributed by atoms with Crippen LogP contribution in [0.3, 0.4) is 0 Å². The molecule has 1 aromatic heterocycles. The average molecular weight is 283 g/mol. The summed E-state index contributed by atoms with van der Waals surface area (Å²) in [6.07, 6.45) is -1.08. The Morgan fingerprint density at radius 3 is 3.05 bits per heavy atom. The van der Waals surface area contributed by atoms with E-state index in [0.29, 0.717) is 17.1 Å². The van der Waals surface area contributed by atoms with Crippen LogP contribution in [-0.2, 0) is 0 Å². The summed E-state index contributed by atoms with van der Waals surface area (Å²) in [4.78, 5) is 16.6. The number of anilines is 1. The number of aromatic nitrogens is 1. The van der Waals surface area contributed by atoms with Gasteiger partial charge in [0.25, 0.3) is 0 Å². The zero-order valence-electron chi connectivity index (χ0n) is 10.1. The number of phenolic OH excluding ortho intramolecular Hbond substituents is 1. The molecular weight excluding hydrogens is 272 g/mol. The summed E-state index contributed by atoms with van der Waals surface area (Å²) < 4.78 is 5.34. The second kappa shape index (κ2) is 4.03. The first-order valence-electron chi connectivity index (χ1n) is 5.72. The Morgan fingerprint density at radius 1 is 1.68 bits per heavy atom. The molecule has 2 N–H and O–H groups in total. The number of carbonyl (C=O) groups is 1. The van der Waals surface area contributed by atoms with Crippen molar-refractivity contribution in [3.63, 3.8) is 0 Å². The Labute approximate surface area is 113 Å². The van der Waals surface area contributed by atoms with Gasteiger partial charge in [-0.3, -0.25) is 4.90 Å². The summed E-state index contributed by atoms with van der Waals surface area (Å²) in [6.45, 7) is 1.93. The van der Waals surface area contributed by atoms with Crippen LogP contribution in [0.15, 0.2) is 10.5 Å². The third-order valence-corrected chi connectivity index (χ3v) is 3.66. The predicted molar refractivity (Wildman–Crippen MR) is 69.2 cm³/mol. The fraction of sp³-hybridized carbons (Fsp3) is 0.333. The van der Waals surface area contributed by atoms with Gasteiger partial charge in [-0.05, 0) is 0 Å². The minimum Gasteiger partial charge on any atom is -0.504 e. The highest BCUT2D eigenvalue weighted by molar-refractivity contribution is 6.19. The molecule has 2 heterocycles. The Bertz CT molecular complexity index is 682. The minimum absolute atomic E-state index is 0.115. The Morgan fingerprint density at radius 2 is 2.42 bits per heavy atom. The normalized spacial score (nSPS) is 18.0. The van der Waals surface area contributed by atoms with Crippen molar-refractivity contribution in [3.8, 4) is 5.75 Å². The maximum atomic E-state index is 11.2. The number of hydrogen-bond donors (Lipinski definition) is 2. The van der Waals surface area contributed by atoms with E-state index >= 15 is 0 Å². The lowest BCUT2D eigenvalue weighted by Gasteiger charge is -2.12. The van der Waals surface area contributed by atoms with Crippen LogP contribution in [-0.4, -0.2) is 33.7 Å². The summed E-state index contributed by atoms with van der Waals surface area (Å²) in [6, 6.07) is 1.39. The van der Waals surface area contributed by atoms with E-state index in [0.717, 1.165) is 5.56 Å². The highest BCUT2D eigenvalue weighted by Crippen LogP contribution is 2.45. The summed E-state index contributed by atoms with van der Waals surface area (Å²) in [7, 11) is 0. The molecule has 0 fully saturated rings. The first-order valence-corrected chi connectivity index (χ1v) is 6.25. The molecule has 100 valence electrons. The van der Waals surface area contributed by atoms with Gasteiger partial charge in [0.15, 0.2) is 17.2 Å². The molecule has 3 rings (SSSR count). The molecule has 0 aliphatic carbocycles. The Balaban J connectivity index is 2.34. The number of hydrogen-bond acceptors (Lipinski definition) is 4. The van der Waals surface area contributed by atoms with Gasteiger partial charge in [-0.1, -0.05) is 0 Å². The van der Waals surface area contributed by atoms with Crippen molar-refractivity contribution in [2.75, 3.05) is 17.3 Å². The van der Waals surface area contributed by atoms with Gasteiger partial charge in [-0.15, -0.1) is 11.6 Å². The number of aromatic hydroxyl groups is 1. The topological polar surface area (TPSA) is 86.8 Å². The van der Waals surface area contributed by atoms with E-state index in [1.165, 1.54) is 11.0 Å². The maximum Gasteiger partial charge on any atom is 0.411 e. The number of benzene rings is 1. The molecular formula is C12H11ClN2O4. The molecule has 0 saturated heterocycles. The molecule has 0 unspecified atom stereocenters. The minimum atomic E-state index is -1.08. The van der Waals surface area contributed by atoms with Crippen molar-refractivity contribution in [1.82, 2.24) is 4.98 Å². The van der Waals surface area contributed by atoms with Crippen molar-refractivity contribution in [1.29, 1.82) is 0 Å². The summed E-state index contributed by atoms with van der Waals surface area (Å²) in [5.74, 6) is 0.430. The Kier molecular flexibility index (Phi) is 2.56. The van der Waals surface area contributed by atoms with Gasteiger partial charge in [0.1, 0.15) is 5.52 Å². The van der Waals surface area contributed by atoms with Crippen molar-refractivity contribution >= 4 is 34.5 Å². The van der Waals surface area contributed by atoms with Crippen LogP contribution >= 0.6 is 11.6 Å². The molecule has 0 radical (unpaired) electrons. The zero-order valence-corrected chi connectivity index (χ0v) is 10.8. The number of alkyl halides is 1. The van der Waals surface area contributed by atoms with Crippen molar-refractivity contribution < 1.29 is 19.4 Å². The van der Waals surface area contributed by atoms with Crippen LogP contribution in [0.25, 0.3) is 11.1 Å². The lowest BCUT2D eigenvalue weighted by molar-refractivity contribution is 0.202. The van der Waals surface area contributed by atoms with Gasteiger partial charge in [0.05, 0.1) is 5.69 Å². The summed E-state index contributed by atoms with van der Waals surface area (Å²) in [5.41, 5.74) is 1.92. The number of nitrogens with zero attached hydrogens (tertiary/aromatic N) is 2. The molecule has 1 amide bonds. The van der Waals surface area contributed by atoms with Crippen LogP contribution in [0, 0.1) is 6.92 Å². The van der Waals surface area contributed by atoms with Crippen molar-refractivity contribution in [2.24, 2.45) is 0 Å². The molecule has 1 aliphatic heterocycles. The number of halogens is 1. The average Bonchev–Trinajstić information content (AvgIpc) is 2.89. The van der Waals surface area contributed by atoms with Crippen LogP contribution < -0.4 is 4.90 Å². The monoisotopic (exact) mass is 282 g/mol. The fourth-order valence-electron chi connectivity index (χ4n) is 2.52. The van der Waals surface area contributed by atoms with Crippen molar-refractivity contribution in [2.45, 2.75) is 12.8 Å². The first-order chi connectivity index (χ1) is 9.02. The number of oxazole rings is 1. The van der Waals surface area contributed by atoms with Gasteiger partial charge in [-0.2, -0.15) is 0 Å². The molecule has 6 nitrogen and oxygen atoms in total. The zero-order chi connectivity index (χ0) is 13.7. The highest BCUT2D eigenvalue weighted by Gasteiger charge is 2.36. The number of phenols is 1. The molecule has 1 aliphatic rings. The maximum absolute atomic E-state index is 11.2. The van der Waals surface area contributed by atoms with E-state index in [1.807, 2.05) is 0 Å². The SMILES string of the molecule is Cc1nc2c3c(cc(O)c2o1)N(C(=O)O)C[C@H]3CCl. The third kappa shape index (κ3) is 1.63. The molecule has 0 bridgehead atoms. The number of rotatable bonds is 1. The largest absolute Gasteiger partial charge is 0.504 e. The van der Waals surface area contributed by atoms with E-state index in [4.69, 9.17) is 16.0 Å². The van der Waals surface area contributed by atoms with E-state index in [2.05, 4.69) is 4.98 Å². The number of carboxylic acid groups (broad SMARTS) is 1. The van der Waals surface area contributed by atoms with Crippen molar-refractivity contribution in [3.05, 3.63) is 17.5 Å². The predicted octanol–water partition coefficient (Wildman–Crippen LogP) is 2.66. The molecule has 2 aromatic rings. The Hall–Kier alpha value is -1.95. The lowest BCUT2D eigenvalue weighted by atomic mass is 10.0. The van der Waals surface area contributed by atoms with Gasteiger partial charge >= 0.3 is 6.09 Å². The van der Waals surface area contributed by atoms with E-state index < -0.39 is 6.09 Å². The first kappa shape index (κ1) is 12.1. The molecule has 0 spiro atoms. The lowest BCUT2D eigenvalue weighted by Crippen LogP contribution is -2.28. The van der Waals surface area contributed by atoms with Crippen LogP contribution in [0.4, 0.5) is 10.5 Å². The fourth-order valence-corrected chi connectivity index (χ4v) is 2.77. The quantitative estimate of drug-likeness (QED) is 0.785. The third-order valence-electron chi connectivity index (χ3n) is 3.29. The summed E-state index contributed by atoms with van der Waals surface area (Å²) >= 11 is 5.91. The van der Waals surface area contributed by atoms with Gasteiger partial charge < -0.3 is 14.6 Å². The summed E-state index contributed by atoms with van der Waals surface area (Å²) in [5, 5.41) is 19.1. The van der Waals surface area contributed by atoms with Crippen LogP contribution in [0.1, 0.15) is 17.4 Å². The van der Waals surface area contributed by atoms with Gasteiger partial charge in [0.2, 0.25) is 0 Å².